The summed E-state index contributed by atoms with van der Waals surface area (Å²) < 4.78 is 6.11. The number of fused-ring (bicyclic) bond motifs is 1. The number of hydrogen-bond acceptors (Lipinski definition) is 5. The molecule has 3 rings (SSSR count). The minimum Gasteiger partial charge on any atom is -0.378 e. The molecule has 7 heteroatoms. The molecule has 110 valence electrons. The molecule has 3 heterocycles. The molecule has 1 fully saturated rings. The van der Waals surface area contributed by atoms with Crippen LogP contribution in [-0.4, -0.2) is 48.2 Å². The Morgan fingerprint density at radius 1 is 1.43 bits per heavy atom. The molecule has 21 heavy (non-hydrogen) atoms. The van der Waals surface area contributed by atoms with Gasteiger partial charge in [0.25, 0.3) is 5.91 Å². The second kappa shape index (κ2) is 6.05. The van der Waals surface area contributed by atoms with Gasteiger partial charge in [-0.15, -0.1) is 0 Å². The lowest BCUT2D eigenvalue weighted by Gasteiger charge is -2.18. The lowest BCUT2D eigenvalue weighted by atomic mass is 10.2. The Kier molecular flexibility index (Phi) is 4.14. The molecule has 0 spiro atoms. The summed E-state index contributed by atoms with van der Waals surface area (Å²) in [5.41, 5.74) is 1.11. The Balaban J connectivity index is 1.83. The van der Waals surface area contributed by atoms with E-state index in [2.05, 4.69) is 36.5 Å². The first-order valence-electron chi connectivity index (χ1n) is 6.63. The summed E-state index contributed by atoms with van der Waals surface area (Å²) in [6.45, 7) is 1.44. The van der Waals surface area contributed by atoms with E-state index in [1.54, 1.807) is 25.6 Å². The molecule has 0 unspecified atom stereocenters. The summed E-state index contributed by atoms with van der Waals surface area (Å²) in [4.78, 5) is 20.8. The molecule has 0 aromatic carbocycles. The van der Waals surface area contributed by atoms with E-state index in [0.29, 0.717) is 12.2 Å². The van der Waals surface area contributed by atoms with Crippen molar-refractivity contribution in [1.29, 1.82) is 0 Å². The highest BCUT2D eigenvalue weighted by Crippen LogP contribution is 2.20. The van der Waals surface area contributed by atoms with Gasteiger partial charge in [-0.3, -0.25) is 9.78 Å². The number of rotatable bonds is 3. The molecule has 0 radical (unpaired) electrons. The normalized spacial score (nSPS) is 21.6. The third-order valence-electron chi connectivity index (χ3n) is 3.56. The molecular formula is C14H15BrN4O2. The highest BCUT2D eigenvalue weighted by molar-refractivity contribution is 9.10. The van der Waals surface area contributed by atoms with E-state index in [0.717, 1.165) is 21.9 Å². The lowest BCUT2D eigenvalue weighted by Crippen LogP contribution is -2.43. The molecule has 0 bridgehead atoms. The number of methoxy groups -OCH3 is 1. The Morgan fingerprint density at radius 3 is 3.10 bits per heavy atom. The zero-order valence-corrected chi connectivity index (χ0v) is 13.1. The summed E-state index contributed by atoms with van der Waals surface area (Å²) in [6, 6.07) is 3.51. The van der Waals surface area contributed by atoms with Crippen molar-refractivity contribution in [1.82, 2.24) is 20.6 Å². The first-order valence-corrected chi connectivity index (χ1v) is 7.43. The molecule has 0 saturated carbocycles. The number of nitrogens with one attached hydrogen (secondary N) is 2. The minimum atomic E-state index is -0.198. The number of aromatic nitrogens is 2. The van der Waals surface area contributed by atoms with Gasteiger partial charge < -0.3 is 15.4 Å². The number of nitrogens with zero attached hydrogens (tertiary/aromatic N) is 2. The van der Waals surface area contributed by atoms with Crippen molar-refractivity contribution < 1.29 is 9.53 Å². The molecule has 6 nitrogen and oxygen atoms in total. The van der Waals surface area contributed by atoms with E-state index >= 15 is 0 Å². The molecule has 2 aromatic heterocycles. The Hall–Kier alpha value is -1.57. The van der Waals surface area contributed by atoms with Crippen LogP contribution in [0.3, 0.4) is 0 Å². The fourth-order valence-electron chi connectivity index (χ4n) is 2.42. The molecule has 1 aliphatic rings. The first kappa shape index (κ1) is 14.4. The van der Waals surface area contributed by atoms with E-state index in [-0.39, 0.29) is 18.1 Å². The van der Waals surface area contributed by atoms with E-state index in [1.165, 1.54) is 0 Å². The summed E-state index contributed by atoms with van der Waals surface area (Å²) in [5, 5.41) is 7.04. The van der Waals surface area contributed by atoms with Crippen LogP contribution in [0.1, 0.15) is 10.5 Å². The van der Waals surface area contributed by atoms with Crippen LogP contribution in [-0.2, 0) is 4.74 Å². The summed E-state index contributed by atoms with van der Waals surface area (Å²) in [7, 11) is 1.65. The highest BCUT2D eigenvalue weighted by atomic mass is 79.9. The van der Waals surface area contributed by atoms with Gasteiger partial charge in [0, 0.05) is 38.0 Å². The van der Waals surface area contributed by atoms with Crippen LogP contribution in [0, 0.1) is 0 Å². The predicted octanol–water partition coefficient (Wildman–Crippen LogP) is 1.11. The van der Waals surface area contributed by atoms with Gasteiger partial charge in [-0.05, 0) is 28.1 Å². The maximum atomic E-state index is 12.3. The molecule has 1 aliphatic heterocycles. The number of halogens is 1. The highest BCUT2D eigenvalue weighted by Gasteiger charge is 2.28. The van der Waals surface area contributed by atoms with Crippen molar-refractivity contribution in [3.05, 3.63) is 34.7 Å². The monoisotopic (exact) mass is 350 g/mol. The van der Waals surface area contributed by atoms with Crippen molar-refractivity contribution in [3.8, 4) is 0 Å². The van der Waals surface area contributed by atoms with Crippen LogP contribution in [0.25, 0.3) is 10.9 Å². The molecular weight excluding hydrogens is 336 g/mol. The molecule has 2 aromatic rings. The zero-order chi connectivity index (χ0) is 14.8. The molecule has 2 atom stereocenters. The van der Waals surface area contributed by atoms with Crippen LogP contribution >= 0.6 is 15.9 Å². The average molecular weight is 351 g/mol. The Morgan fingerprint density at radius 2 is 2.29 bits per heavy atom. The molecule has 1 amide bonds. The van der Waals surface area contributed by atoms with Crippen molar-refractivity contribution >= 4 is 32.7 Å². The van der Waals surface area contributed by atoms with Crippen molar-refractivity contribution in [2.75, 3.05) is 20.2 Å². The maximum Gasteiger partial charge on any atom is 0.270 e. The predicted molar refractivity (Wildman–Crippen MR) is 82.2 cm³/mol. The number of amides is 1. The van der Waals surface area contributed by atoms with Gasteiger partial charge in [0.15, 0.2) is 0 Å². The van der Waals surface area contributed by atoms with Gasteiger partial charge in [0.2, 0.25) is 0 Å². The fourth-order valence-corrected chi connectivity index (χ4v) is 2.86. The van der Waals surface area contributed by atoms with Gasteiger partial charge >= 0.3 is 0 Å². The molecule has 1 saturated heterocycles. The first-order chi connectivity index (χ1) is 10.2. The summed E-state index contributed by atoms with van der Waals surface area (Å²) in [5.74, 6) is -0.198. The average Bonchev–Trinajstić information content (AvgIpc) is 2.94. The number of ether oxygens (including phenoxy) is 1. The number of pyridine rings is 2. The minimum absolute atomic E-state index is 0.00894. The second-order valence-electron chi connectivity index (χ2n) is 4.90. The lowest BCUT2D eigenvalue weighted by molar-refractivity contribution is 0.0776. The van der Waals surface area contributed by atoms with E-state index in [9.17, 15) is 4.79 Å². The van der Waals surface area contributed by atoms with Crippen LogP contribution in [0.5, 0.6) is 0 Å². The topological polar surface area (TPSA) is 76.1 Å². The SMILES string of the molecule is CO[C@@H]1CNC[C@@H]1NC(=O)c1ccc2cncc(Br)c2n1. The molecule has 2 N–H and O–H groups in total. The summed E-state index contributed by atoms with van der Waals surface area (Å²) >= 11 is 3.40. The molecule has 0 aliphatic carbocycles. The summed E-state index contributed by atoms with van der Waals surface area (Å²) in [6.07, 6.45) is 3.38. The number of carbonyl (C=O) groups is 1. The van der Waals surface area contributed by atoms with E-state index < -0.39 is 0 Å². The van der Waals surface area contributed by atoms with E-state index in [1.807, 2.05) is 6.07 Å². The van der Waals surface area contributed by atoms with Crippen molar-refractivity contribution in [2.45, 2.75) is 12.1 Å². The van der Waals surface area contributed by atoms with E-state index in [4.69, 9.17) is 4.74 Å². The maximum absolute atomic E-state index is 12.3. The second-order valence-corrected chi connectivity index (χ2v) is 5.76. The standard InChI is InChI=1S/C14H15BrN4O2/c1-21-12-7-17-6-11(12)19-14(20)10-3-2-8-4-16-5-9(15)13(8)18-10/h2-5,11-12,17H,6-7H2,1H3,(H,19,20)/t11-,12+/m0/s1. The number of carbonyl (C=O) groups excluding carboxylic acids is 1. The van der Waals surface area contributed by atoms with Crippen LogP contribution in [0.15, 0.2) is 29.0 Å². The van der Waals surface area contributed by atoms with Crippen molar-refractivity contribution in [3.63, 3.8) is 0 Å². The zero-order valence-electron chi connectivity index (χ0n) is 11.5. The Bertz CT molecular complexity index is 679. The van der Waals surface area contributed by atoms with Crippen LogP contribution < -0.4 is 10.6 Å². The number of hydrogen-bond donors (Lipinski definition) is 2. The largest absolute Gasteiger partial charge is 0.378 e. The van der Waals surface area contributed by atoms with Gasteiger partial charge in [-0.1, -0.05) is 0 Å². The van der Waals surface area contributed by atoms with Crippen LogP contribution in [0.2, 0.25) is 0 Å². The quantitative estimate of drug-likeness (QED) is 0.867. The fraction of sp³-hybridized carbons (Fsp3) is 0.357. The van der Waals surface area contributed by atoms with Crippen LogP contribution in [0.4, 0.5) is 0 Å². The smallest absolute Gasteiger partial charge is 0.270 e. The van der Waals surface area contributed by atoms with Gasteiger partial charge in [-0.2, -0.15) is 0 Å². The van der Waals surface area contributed by atoms with Gasteiger partial charge in [0.1, 0.15) is 5.69 Å². The van der Waals surface area contributed by atoms with Gasteiger partial charge in [0.05, 0.1) is 22.1 Å². The third-order valence-corrected chi connectivity index (χ3v) is 4.14. The van der Waals surface area contributed by atoms with Crippen molar-refractivity contribution in [2.24, 2.45) is 0 Å². The Labute approximate surface area is 130 Å². The van der Waals surface area contributed by atoms with Gasteiger partial charge in [-0.25, -0.2) is 4.98 Å². The third kappa shape index (κ3) is 2.90.